The van der Waals surface area contributed by atoms with Crippen LogP contribution in [0.5, 0.6) is 0 Å². The zero-order chi connectivity index (χ0) is 13.4. The number of benzene rings is 1. The minimum absolute atomic E-state index is 0.0186. The number of halogens is 1. The molecule has 1 amide bonds. The first-order valence-corrected chi connectivity index (χ1v) is 7.15. The van der Waals surface area contributed by atoms with Gasteiger partial charge in [0.25, 0.3) is 5.91 Å². The number of fused-ring (bicyclic) bond motifs is 1. The average molecular weight is 319 g/mol. The molecular formula is C15H15BrN2O. The zero-order valence-electron chi connectivity index (χ0n) is 10.7. The van der Waals surface area contributed by atoms with Crippen LogP contribution < -0.4 is 5.32 Å². The van der Waals surface area contributed by atoms with Crippen LogP contribution in [0.3, 0.4) is 0 Å². The highest BCUT2D eigenvalue weighted by atomic mass is 79.9. The number of aromatic nitrogens is 1. The molecule has 0 saturated heterocycles. The molecule has 0 bridgehead atoms. The van der Waals surface area contributed by atoms with E-state index < -0.39 is 0 Å². The Labute approximate surface area is 120 Å². The van der Waals surface area contributed by atoms with E-state index in [-0.39, 0.29) is 11.9 Å². The summed E-state index contributed by atoms with van der Waals surface area (Å²) in [4.78, 5) is 12.3. The van der Waals surface area contributed by atoms with Crippen molar-refractivity contribution in [3.05, 3.63) is 57.8 Å². The highest BCUT2D eigenvalue weighted by Crippen LogP contribution is 2.31. The van der Waals surface area contributed by atoms with Crippen LogP contribution >= 0.6 is 15.9 Å². The molecule has 0 saturated carbocycles. The Morgan fingerprint density at radius 2 is 2.21 bits per heavy atom. The Hall–Kier alpha value is -1.55. The Morgan fingerprint density at radius 1 is 1.42 bits per heavy atom. The molecule has 0 radical (unpaired) electrons. The van der Waals surface area contributed by atoms with Crippen molar-refractivity contribution < 1.29 is 4.79 Å². The summed E-state index contributed by atoms with van der Waals surface area (Å²) in [5.74, 6) is -0.0186. The second kappa shape index (κ2) is 4.85. The van der Waals surface area contributed by atoms with Crippen LogP contribution in [0.25, 0.3) is 0 Å². The van der Waals surface area contributed by atoms with Crippen LogP contribution in [-0.2, 0) is 13.5 Å². The van der Waals surface area contributed by atoms with E-state index in [9.17, 15) is 4.79 Å². The van der Waals surface area contributed by atoms with Crippen LogP contribution in [-0.4, -0.2) is 10.5 Å². The van der Waals surface area contributed by atoms with E-state index in [1.165, 1.54) is 11.1 Å². The summed E-state index contributed by atoms with van der Waals surface area (Å²) in [6.07, 6.45) is 3.91. The van der Waals surface area contributed by atoms with Gasteiger partial charge in [-0.3, -0.25) is 4.79 Å². The van der Waals surface area contributed by atoms with Gasteiger partial charge in [-0.1, -0.05) is 24.3 Å². The maximum Gasteiger partial charge on any atom is 0.268 e. The molecule has 1 aliphatic carbocycles. The predicted octanol–water partition coefficient (Wildman–Crippen LogP) is 3.20. The van der Waals surface area contributed by atoms with Crippen LogP contribution in [0.15, 0.2) is 41.0 Å². The maximum atomic E-state index is 12.3. The van der Waals surface area contributed by atoms with Gasteiger partial charge in [-0.05, 0) is 46.0 Å². The molecule has 1 unspecified atom stereocenters. The van der Waals surface area contributed by atoms with Crippen molar-refractivity contribution in [3.8, 4) is 0 Å². The maximum absolute atomic E-state index is 12.3. The Balaban J connectivity index is 1.80. The molecule has 3 rings (SSSR count). The van der Waals surface area contributed by atoms with E-state index in [1.54, 1.807) is 0 Å². The smallest absolute Gasteiger partial charge is 0.268 e. The van der Waals surface area contributed by atoms with Gasteiger partial charge in [0, 0.05) is 17.7 Å². The lowest BCUT2D eigenvalue weighted by atomic mass is 10.1. The van der Waals surface area contributed by atoms with Gasteiger partial charge in [-0.25, -0.2) is 0 Å². The normalized spacial score (nSPS) is 17.3. The fourth-order valence-corrected chi connectivity index (χ4v) is 3.21. The molecular weight excluding hydrogens is 304 g/mol. The number of aryl methyl sites for hydroxylation is 2. The number of hydrogen-bond acceptors (Lipinski definition) is 1. The van der Waals surface area contributed by atoms with Gasteiger partial charge < -0.3 is 9.88 Å². The van der Waals surface area contributed by atoms with E-state index in [0.29, 0.717) is 5.69 Å². The largest absolute Gasteiger partial charge is 0.345 e. The van der Waals surface area contributed by atoms with E-state index in [4.69, 9.17) is 0 Å². The van der Waals surface area contributed by atoms with Crippen molar-refractivity contribution in [2.75, 3.05) is 0 Å². The first-order valence-electron chi connectivity index (χ1n) is 6.35. The number of nitrogens with one attached hydrogen (secondary N) is 1. The quantitative estimate of drug-likeness (QED) is 0.906. The standard InChI is InChI=1S/C15H15BrN2O/c1-18-9-11(16)8-14(18)15(19)17-13-7-6-10-4-2-3-5-12(10)13/h2-5,8-9,13H,6-7H2,1H3,(H,17,19). The van der Waals surface area contributed by atoms with Gasteiger partial charge >= 0.3 is 0 Å². The first-order chi connectivity index (χ1) is 9.15. The third-order valence-corrected chi connectivity index (χ3v) is 4.08. The predicted molar refractivity (Wildman–Crippen MR) is 78.1 cm³/mol. The summed E-state index contributed by atoms with van der Waals surface area (Å²) in [5, 5.41) is 3.12. The summed E-state index contributed by atoms with van der Waals surface area (Å²) in [6, 6.07) is 10.3. The number of hydrogen-bond donors (Lipinski definition) is 1. The fraction of sp³-hybridized carbons (Fsp3) is 0.267. The van der Waals surface area contributed by atoms with E-state index in [0.717, 1.165) is 17.3 Å². The highest BCUT2D eigenvalue weighted by molar-refractivity contribution is 9.10. The molecule has 1 aromatic heterocycles. The number of amides is 1. The third kappa shape index (κ3) is 2.32. The number of carbonyl (C=O) groups is 1. The highest BCUT2D eigenvalue weighted by Gasteiger charge is 2.24. The molecule has 1 aliphatic rings. The summed E-state index contributed by atoms with van der Waals surface area (Å²) in [5.41, 5.74) is 3.28. The van der Waals surface area contributed by atoms with Crippen molar-refractivity contribution in [2.24, 2.45) is 7.05 Å². The van der Waals surface area contributed by atoms with E-state index in [2.05, 4.69) is 39.4 Å². The van der Waals surface area contributed by atoms with Crippen molar-refractivity contribution in [2.45, 2.75) is 18.9 Å². The van der Waals surface area contributed by atoms with E-state index >= 15 is 0 Å². The second-order valence-corrected chi connectivity index (χ2v) is 5.83. The molecule has 0 fully saturated rings. The minimum atomic E-state index is -0.0186. The molecule has 1 heterocycles. The SMILES string of the molecule is Cn1cc(Br)cc1C(=O)NC1CCc2ccccc21. The number of rotatable bonds is 2. The molecule has 1 atom stereocenters. The molecule has 1 N–H and O–H groups in total. The Morgan fingerprint density at radius 3 is 2.95 bits per heavy atom. The van der Waals surface area contributed by atoms with Crippen molar-refractivity contribution in [1.82, 2.24) is 9.88 Å². The monoisotopic (exact) mass is 318 g/mol. The summed E-state index contributed by atoms with van der Waals surface area (Å²) in [6.45, 7) is 0. The lowest BCUT2D eigenvalue weighted by Crippen LogP contribution is -2.28. The van der Waals surface area contributed by atoms with Crippen molar-refractivity contribution in [3.63, 3.8) is 0 Å². The van der Waals surface area contributed by atoms with Gasteiger partial charge in [0.2, 0.25) is 0 Å². The summed E-state index contributed by atoms with van der Waals surface area (Å²) < 4.78 is 2.76. The molecule has 98 valence electrons. The second-order valence-electron chi connectivity index (χ2n) is 4.92. The first kappa shape index (κ1) is 12.5. The van der Waals surface area contributed by atoms with Crippen LogP contribution in [0.2, 0.25) is 0 Å². The van der Waals surface area contributed by atoms with Gasteiger partial charge in [0.05, 0.1) is 6.04 Å². The Bertz CT molecular complexity index is 633. The molecule has 19 heavy (non-hydrogen) atoms. The number of carbonyl (C=O) groups excluding carboxylic acids is 1. The topological polar surface area (TPSA) is 34.0 Å². The van der Waals surface area contributed by atoms with Gasteiger partial charge in [-0.2, -0.15) is 0 Å². The molecule has 2 aromatic rings. The molecule has 4 heteroatoms. The van der Waals surface area contributed by atoms with Crippen LogP contribution in [0, 0.1) is 0 Å². The van der Waals surface area contributed by atoms with Crippen molar-refractivity contribution in [1.29, 1.82) is 0 Å². The Kier molecular flexibility index (Phi) is 3.19. The fourth-order valence-electron chi connectivity index (χ4n) is 2.69. The number of nitrogens with zero attached hydrogens (tertiary/aromatic N) is 1. The zero-order valence-corrected chi connectivity index (χ0v) is 12.3. The summed E-state index contributed by atoms with van der Waals surface area (Å²) >= 11 is 3.39. The van der Waals surface area contributed by atoms with E-state index in [1.807, 2.05) is 29.9 Å². The van der Waals surface area contributed by atoms with Gasteiger partial charge in [0.1, 0.15) is 5.69 Å². The lowest BCUT2D eigenvalue weighted by molar-refractivity contribution is 0.0928. The van der Waals surface area contributed by atoms with Crippen molar-refractivity contribution >= 4 is 21.8 Å². The van der Waals surface area contributed by atoms with Crippen LogP contribution in [0.4, 0.5) is 0 Å². The minimum Gasteiger partial charge on any atom is -0.345 e. The third-order valence-electron chi connectivity index (χ3n) is 3.64. The van der Waals surface area contributed by atoms with Gasteiger partial charge in [0.15, 0.2) is 0 Å². The van der Waals surface area contributed by atoms with Crippen LogP contribution in [0.1, 0.15) is 34.1 Å². The molecule has 1 aromatic carbocycles. The average Bonchev–Trinajstić information content (AvgIpc) is 2.94. The molecule has 3 nitrogen and oxygen atoms in total. The lowest BCUT2D eigenvalue weighted by Gasteiger charge is -2.14. The molecule has 0 spiro atoms. The molecule has 0 aliphatic heterocycles. The summed E-state index contributed by atoms with van der Waals surface area (Å²) in [7, 11) is 1.88. The van der Waals surface area contributed by atoms with Gasteiger partial charge in [-0.15, -0.1) is 0 Å².